The smallest absolute Gasteiger partial charge is 0.201 e. The van der Waals surface area contributed by atoms with Gasteiger partial charge in [0.15, 0.2) is 0 Å². The Morgan fingerprint density at radius 1 is 1.56 bits per heavy atom. The van der Waals surface area contributed by atoms with Gasteiger partial charge < -0.3 is 0 Å². The van der Waals surface area contributed by atoms with E-state index in [1.54, 1.807) is 6.08 Å². The summed E-state index contributed by atoms with van der Waals surface area (Å²) in [6, 6.07) is 0. The topological polar surface area (TPSA) is 0 Å². The lowest BCUT2D eigenvalue weighted by Gasteiger charge is -2.18. The van der Waals surface area contributed by atoms with Crippen LogP contribution in [0.2, 0.25) is 0 Å². The molecule has 52 valence electrons. The van der Waals surface area contributed by atoms with Crippen molar-refractivity contribution in [3.8, 4) is 0 Å². The first-order valence-electron chi connectivity index (χ1n) is 2.87. The summed E-state index contributed by atoms with van der Waals surface area (Å²) in [5.41, 5.74) is 0. The van der Waals surface area contributed by atoms with Crippen LogP contribution in [0.3, 0.4) is 0 Å². The molecule has 0 unspecified atom stereocenters. The van der Waals surface area contributed by atoms with Gasteiger partial charge in [0.2, 0.25) is 0 Å². The van der Waals surface area contributed by atoms with Crippen LogP contribution in [0.15, 0.2) is 10.6 Å². The molecule has 0 bridgehead atoms. The van der Waals surface area contributed by atoms with Crippen molar-refractivity contribution in [3.63, 3.8) is 0 Å². The highest BCUT2D eigenvalue weighted by molar-refractivity contribution is 9.11. The number of hydrogen-bond acceptors (Lipinski definition) is 0. The van der Waals surface area contributed by atoms with Gasteiger partial charge in [0.1, 0.15) is 0 Å². The fourth-order valence-electron chi connectivity index (χ4n) is 0.822. The van der Waals surface area contributed by atoms with Crippen LogP contribution in [-0.4, -0.2) is 5.92 Å². The summed E-state index contributed by atoms with van der Waals surface area (Å²) in [6.07, 6.45) is 2.91. The quantitative estimate of drug-likeness (QED) is 0.559. The zero-order valence-corrected chi connectivity index (χ0v) is 6.42. The molecular weight excluding hydrogens is 190 g/mol. The number of alkyl halides is 2. The van der Waals surface area contributed by atoms with Gasteiger partial charge in [0.25, 0.3) is 5.92 Å². The molecule has 1 aliphatic rings. The van der Waals surface area contributed by atoms with Crippen molar-refractivity contribution in [2.75, 3.05) is 0 Å². The fraction of sp³-hybridized carbons (Fsp3) is 0.667. The normalized spacial score (nSPS) is 25.4. The molecule has 0 saturated carbocycles. The third-order valence-electron chi connectivity index (χ3n) is 1.37. The molecule has 1 rings (SSSR count). The highest BCUT2D eigenvalue weighted by atomic mass is 79.9. The summed E-state index contributed by atoms with van der Waals surface area (Å²) in [5, 5.41) is 0. The first-order chi connectivity index (χ1) is 4.13. The number of rotatable bonds is 0. The van der Waals surface area contributed by atoms with Crippen LogP contribution in [0.4, 0.5) is 8.78 Å². The Hall–Kier alpha value is 0.0800. The molecule has 3 heteroatoms. The van der Waals surface area contributed by atoms with Crippen LogP contribution in [0, 0.1) is 0 Å². The summed E-state index contributed by atoms with van der Waals surface area (Å²) < 4.78 is 25.0. The lowest BCUT2D eigenvalue weighted by atomic mass is 10.0. The Kier molecular flexibility index (Phi) is 1.89. The van der Waals surface area contributed by atoms with Crippen molar-refractivity contribution in [1.82, 2.24) is 0 Å². The van der Waals surface area contributed by atoms with Crippen molar-refractivity contribution >= 4 is 15.9 Å². The van der Waals surface area contributed by atoms with Crippen molar-refractivity contribution in [2.24, 2.45) is 0 Å². The Balaban J connectivity index is 2.73. The first kappa shape index (κ1) is 7.19. The SMILES string of the molecule is FC1(F)CCCC=C1Br. The monoisotopic (exact) mass is 196 g/mol. The van der Waals surface area contributed by atoms with Gasteiger partial charge in [-0.1, -0.05) is 6.08 Å². The van der Waals surface area contributed by atoms with Crippen molar-refractivity contribution in [3.05, 3.63) is 10.6 Å². The standard InChI is InChI=1S/C6H7BrF2/c7-5-3-1-2-4-6(5,8)9/h3H,1-2,4H2. The maximum atomic E-state index is 12.5. The molecule has 0 N–H and O–H groups in total. The first-order valence-corrected chi connectivity index (χ1v) is 3.66. The third-order valence-corrected chi connectivity index (χ3v) is 2.27. The minimum Gasteiger partial charge on any atom is -0.201 e. The van der Waals surface area contributed by atoms with E-state index in [1.165, 1.54) is 0 Å². The average Bonchev–Trinajstić information content (AvgIpc) is 1.77. The second-order valence-electron chi connectivity index (χ2n) is 2.15. The molecule has 9 heavy (non-hydrogen) atoms. The molecule has 0 nitrogen and oxygen atoms in total. The van der Waals surface area contributed by atoms with Crippen LogP contribution in [-0.2, 0) is 0 Å². The Morgan fingerprint density at radius 2 is 2.22 bits per heavy atom. The van der Waals surface area contributed by atoms with Gasteiger partial charge in [-0.3, -0.25) is 0 Å². The maximum Gasteiger partial charge on any atom is 0.279 e. The number of halogens is 3. The van der Waals surface area contributed by atoms with Gasteiger partial charge in [-0.05, 0) is 28.8 Å². The maximum absolute atomic E-state index is 12.5. The van der Waals surface area contributed by atoms with Gasteiger partial charge in [-0.25, -0.2) is 8.78 Å². The molecule has 0 radical (unpaired) electrons. The van der Waals surface area contributed by atoms with Crippen molar-refractivity contribution < 1.29 is 8.78 Å². The van der Waals surface area contributed by atoms with E-state index in [2.05, 4.69) is 15.9 Å². The van der Waals surface area contributed by atoms with Gasteiger partial charge >= 0.3 is 0 Å². The molecule has 0 amide bonds. The zero-order chi connectivity index (χ0) is 6.91. The lowest BCUT2D eigenvalue weighted by molar-refractivity contribution is 0.0355. The van der Waals surface area contributed by atoms with Gasteiger partial charge in [-0.15, -0.1) is 0 Å². The van der Waals surface area contributed by atoms with Gasteiger partial charge in [-0.2, -0.15) is 0 Å². The minimum atomic E-state index is -2.59. The molecule has 0 atom stereocenters. The van der Waals surface area contributed by atoms with Crippen LogP contribution in [0.1, 0.15) is 19.3 Å². The molecule has 0 spiro atoms. The second-order valence-corrected chi connectivity index (χ2v) is 3.00. The van der Waals surface area contributed by atoms with Gasteiger partial charge in [0.05, 0.1) is 4.48 Å². The number of allylic oxidation sites excluding steroid dienone is 2. The Bertz CT molecular complexity index is 140. The number of hydrogen-bond donors (Lipinski definition) is 0. The molecule has 0 saturated heterocycles. The predicted octanol–water partition coefficient (Wildman–Crippen LogP) is 3.08. The van der Waals surface area contributed by atoms with E-state index < -0.39 is 5.92 Å². The molecule has 1 aliphatic carbocycles. The Morgan fingerprint density at radius 3 is 2.56 bits per heavy atom. The molecule has 0 aromatic rings. The van der Waals surface area contributed by atoms with Crippen molar-refractivity contribution in [1.29, 1.82) is 0 Å². The van der Waals surface area contributed by atoms with E-state index in [0.717, 1.165) is 6.42 Å². The molecule has 0 fully saturated rings. The molecule has 0 aromatic heterocycles. The average molecular weight is 197 g/mol. The van der Waals surface area contributed by atoms with Crippen LogP contribution >= 0.6 is 15.9 Å². The largest absolute Gasteiger partial charge is 0.279 e. The van der Waals surface area contributed by atoms with E-state index in [0.29, 0.717) is 6.42 Å². The minimum absolute atomic E-state index is 0.00984. The van der Waals surface area contributed by atoms with E-state index in [9.17, 15) is 8.78 Å². The van der Waals surface area contributed by atoms with E-state index in [1.807, 2.05) is 0 Å². The fourth-order valence-corrected chi connectivity index (χ4v) is 1.25. The zero-order valence-electron chi connectivity index (χ0n) is 4.83. The highest BCUT2D eigenvalue weighted by Crippen LogP contribution is 2.37. The molecule has 0 aliphatic heterocycles. The summed E-state index contributed by atoms with van der Waals surface area (Å²) >= 11 is 2.82. The highest BCUT2D eigenvalue weighted by Gasteiger charge is 2.33. The third kappa shape index (κ3) is 1.51. The molecule has 0 heterocycles. The van der Waals surface area contributed by atoms with Crippen molar-refractivity contribution in [2.45, 2.75) is 25.2 Å². The van der Waals surface area contributed by atoms with E-state index in [-0.39, 0.29) is 10.9 Å². The van der Waals surface area contributed by atoms with Crippen LogP contribution < -0.4 is 0 Å². The Labute approximate surface area is 61.1 Å². The summed E-state index contributed by atoms with van der Waals surface area (Å²) in [5.74, 6) is -2.59. The summed E-state index contributed by atoms with van der Waals surface area (Å²) in [7, 11) is 0. The van der Waals surface area contributed by atoms with Gasteiger partial charge in [0, 0.05) is 6.42 Å². The second kappa shape index (κ2) is 2.37. The molecular formula is C6H7BrF2. The lowest BCUT2D eigenvalue weighted by Crippen LogP contribution is -2.18. The van der Waals surface area contributed by atoms with Crippen LogP contribution in [0.25, 0.3) is 0 Å². The predicted molar refractivity (Wildman–Crippen MR) is 35.8 cm³/mol. The van der Waals surface area contributed by atoms with E-state index >= 15 is 0 Å². The van der Waals surface area contributed by atoms with E-state index in [4.69, 9.17) is 0 Å². The van der Waals surface area contributed by atoms with Crippen LogP contribution in [0.5, 0.6) is 0 Å². The summed E-state index contributed by atoms with van der Waals surface area (Å²) in [6.45, 7) is 0. The summed E-state index contributed by atoms with van der Waals surface area (Å²) in [4.78, 5) is 0. The molecule has 0 aromatic carbocycles.